The quantitative estimate of drug-likeness (QED) is 0.788. The van der Waals surface area contributed by atoms with Crippen LogP contribution in [0.5, 0.6) is 11.5 Å². The maximum Gasteiger partial charge on any atom is 0.138 e. The van der Waals surface area contributed by atoms with Gasteiger partial charge < -0.3 is 10.5 Å². The molecule has 2 aromatic carbocycles. The van der Waals surface area contributed by atoms with Gasteiger partial charge >= 0.3 is 0 Å². The molecule has 2 rings (SSSR count). The van der Waals surface area contributed by atoms with Gasteiger partial charge in [-0.3, -0.25) is 0 Å². The lowest BCUT2D eigenvalue weighted by molar-refractivity contribution is 0.481. The number of halogens is 1. The second kappa shape index (κ2) is 6.37. The molecule has 104 valence electrons. The van der Waals surface area contributed by atoms with Crippen LogP contribution >= 0.6 is 28.1 Å². The van der Waals surface area contributed by atoms with Crippen LogP contribution in [0, 0.1) is 0 Å². The molecule has 0 amide bonds. The van der Waals surface area contributed by atoms with E-state index in [0.29, 0.717) is 16.7 Å². The number of benzene rings is 2. The van der Waals surface area contributed by atoms with E-state index in [-0.39, 0.29) is 0 Å². The summed E-state index contributed by atoms with van der Waals surface area (Å²) in [5.74, 6) is 1.93. The van der Waals surface area contributed by atoms with Gasteiger partial charge in [-0.1, -0.05) is 54.1 Å². The van der Waals surface area contributed by atoms with Crippen LogP contribution in [-0.2, 0) is 0 Å². The third kappa shape index (κ3) is 3.58. The molecule has 0 radical (unpaired) electrons. The summed E-state index contributed by atoms with van der Waals surface area (Å²) in [6.45, 7) is 4.32. The second-order valence-electron chi connectivity index (χ2n) is 4.83. The van der Waals surface area contributed by atoms with Crippen molar-refractivity contribution in [1.29, 1.82) is 0 Å². The van der Waals surface area contributed by atoms with Gasteiger partial charge in [-0.05, 0) is 41.8 Å². The van der Waals surface area contributed by atoms with Crippen LogP contribution in [-0.4, -0.2) is 4.99 Å². The number of thiocarbonyl (C=S) groups is 1. The Bertz CT molecular complexity index is 623. The first kappa shape index (κ1) is 15.0. The Morgan fingerprint density at radius 1 is 1.15 bits per heavy atom. The standard InChI is InChI=1S/C16H16BrNOS/c1-10(2)11-3-6-13(7-4-11)19-15-9-12(17)5-8-14(15)16(18)20/h3-10H,1-2H3,(H2,18,20). The van der Waals surface area contributed by atoms with Crippen molar-refractivity contribution < 1.29 is 4.74 Å². The van der Waals surface area contributed by atoms with Crippen molar-refractivity contribution in [2.75, 3.05) is 0 Å². The fourth-order valence-electron chi connectivity index (χ4n) is 1.83. The average Bonchev–Trinajstić information content (AvgIpc) is 2.39. The zero-order valence-corrected chi connectivity index (χ0v) is 13.8. The molecule has 2 N–H and O–H groups in total. The minimum Gasteiger partial charge on any atom is -0.457 e. The van der Waals surface area contributed by atoms with Crippen LogP contribution in [0.4, 0.5) is 0 Å². The monoisotopic (exact) mass is 349 g/mol. The van der Waals surface area contributed by atoms with Crippen molar-refractivity contribution in [2.24, 2.45) is 5.73 Å². The highest BCUT2D eigenvalue weighted by Crippen LogP contribution is 2.29. The van der Waals surface area contributed by atoms with Gasteiger partial charge in [0.05, 0.1) is 5.56 Å². The highest BCUT2D eigenvalue weighted by Gasteiger charge is 2.09. The van der Waals surface area contributed by atoms with Gasteiger partial charge in [0.25, 0.3) is 0 Å². The first-order chi connectivity index (χ1) is 9.47. The first-order valence-electron chi connectivity index (χ1n) is 6.34. The predicted molar refractivity (Wildman–Crippen MR) is 90.6 cm³/mol. The van der Waals surface area contributed by atoms with Gasteiger partial charge in [0.15, 0.2) is 0 Å². The van der Waals surface area contributed by atoms with Crippen LogP contribution in [0.15, 0.2) is 46.9 Å². The Kier molecular flexibility index (Phi) is 4.78. The molecule has 2 nitrogen and oxygen atoms in total. The Morgan fingerprint density at radius 2 is 1.80 bits per heavy atom. The minimum atomic E-state index is 0.325. The summed E-state index contributed by atoms with van der Waals surface area (Å²) in [5.41, 5.74) is 7.73. The van der Waals surface area contributed by atoms with E-state index in [2.05, 4.69) is 41.9 Å². The molecule has 0 fully saturated rings. The van der Waals surface area contributed by atoms with Crippen LogP contribution in [0.3, 0.4) is 0 Å². The van der Waals surface area contributed by atoms with E-state index < -0.39 is 0 Å². The summed E-state index contributed by atoms with van der Waals surface area (Å²) in [6.07, 6.45) is 0. The van der Waals surface area contributed by atoms with Crippen molar-refractivity contribution in [3.63, 3.8) is 0 Å². The van der Waals surface area contributed by atoms with Crippen LogP contribution < -0.4 is 10.5 Å². The lowest BCUT2D eigenvalue weighted by Gasteiger charge is -2.12. The molecule has 20 heavy (non-hydrogen) atoms. The van der Waals surface area contributed by atoms with Gasteiger partial charge in [-0.2, -0.15) is 0 Å². The highest BCUT2D eigenvalue weighted by molar-refractivity contribution is 9.10. The van der Waals surface area contributed by atoms with Gasteiger partial charge in [0.1, 0.15) is 16.5 Å². The molecule has 0 aliphatic heterocycles. The summed E-state index contributed by atoms with van der Waals surface area (Å²) >= 11 is 8.47. The number of rotatable bonds is 4. The molecular formula is C16H16BrNOS. The number of nitrogens with two attached hydrogens (primary N) is 1. The SMILES string of the molecule is CC(C)c1ccc(Oc2cc(Br)ccc2C(N)=S)cc1. The van der Waals surface area contributed by atoms with Crippen LogP contribution in [0.1, 0.15) is 30.9 Å². The van der Waals surface area contributed by atoms with E-state index in [1.807, 2.05) is 30.3 Å². The fraction of sp³-hybridized carbons (Fsp3) is 0.188. The molecule has 0 saturated heterocycles. The van der Waals surface area contributed by atoms with Gasteiger partial charge in [-0.25, -0.2) is 0 Å². The van der Waals surface area contributed by atoms with Gasteiger partial charge in [-0.15, -0.1) is 0 Å². The summed E-state index contributed by atoms with van der Waals surface area (Å²) in [5, 5.41) is 0. The Hall–Kier alpha value is -1.39. The molecular weight excluding hydrogens is 334 g/mol. The van der Waals surface area contributed by atoms with Crippen molar-refractivity contribution in [2.45, 2.75) is 19.8 Å². The number of hydrogen-bond donors (Lipinski definition) is 1. The van der Waals surface area contributed by atoms with Crippen molar-refractivity contribution in [3.8, 4) is 11.5 Å². The third-order valence-corrected chi connectivity index (χ3v) is 3.70. The van der Waals surface area contributed by atoms with Crippen molar-refractivity contribution >= 4 is 33.1 Å². The molecule has 0 bridgehead atoms. The molecule has 4 heteroatoms. The lowest BCUT2D eigenvalue weighted by atomic mass is 10.0. The van der Waals surface area contributed by atoms with Gasteiger partial charge in [0.2, 0.25) is 0 Å². The topological polar surface area (TPSA) is 35.2 Å². The first-order valence-corrected chi connectivity index (χ1v) is 7.54. The van der Waals surface area contributed by atoms with E-state index in [0.717, 1.165) is 15.8 Å². The lowest BCUT2D eigenvalue weighted by Crippen LogP contribution is -2.10. The van der Waals surface area contributed by atoms with E-state index >= 15 is 0 Å². The van der Waals surface area contributed by atoms with E-state index in [9.17, 15) is 0 Å². The molecule has 0 aliphatic rings. The Morgan fingerprint density at radius 3 is 2.35 bits per heavy atom. The Balaban J connectivity index is 2.29. The summed E-state index contributed by atoms with van der Waals surface area (Å²) in [4.78, 5) is 0.325. The molecule has 0 unspecified atom stereocenters. The maximum atomic E-state index is 5.89. The predicted octanol–water partition coefficient (Wildman–Crippen LogP) is 5.00. The summed E-state index contributed by atoms with van der Waals surface area (Å²) in [7, 11) is 0. The largest absolute Gasteiger partial charge is 0.457 e. The zero-order valence-electron chi connectivity index (χ0n) is 11.4. The van der Waals surface area contributed by atoms with E-state index in [1.54, 1.807) is 0 Å². The van der Waals surface area contributed by atoms with E-state index in [4.69, 9.17) is 22.7 Å². The summed E-state index contributed by atoms with van der Waals surface area (Å²) < 4.78 is 6.81. The summed E-state index contributed by atoms with van der Waals surface area (Å²) in [6, 6.07) is 13.7. The maximum absolute atomic E-state index is 5.89. The number of ether oxygens (including phenoxy) is 1. The Labute approximate surface area is 133 Å². The van der Waals surface area contributed by atoms with E-state index in [1.165, 1.54) is 5.56 Å². The third-order valence-electron chi connectivity index (χ3n) is 2.98. The minimum absolute atomic E-state index is 0.325. The zero-order chi connectivity index (χ0) is 14.7. The normalized spacial score (nSPS) is 10.6. The van der Waals surface area contributed by atoms with Crippen molar-refractivity contribution in [3.05, 3.63) is 58.1 Å². The average molecular weight is 350 g/mol. The fourth-order valence-corrected chi connectivity index (χ4v) is 2.34. The van der Waals surface area contributed by atoms with Crippen LogP contribution in [0.2, 0.25) is 0 Å². The molecule has 2 aromatic rings. The number of hydrogen-bond acceptors (Lipinski definition) is 2. The van der Waals surface area contributed by atoms with Gasteiger partial charge in [0, 0.05) is 4.47 Å². The van der Waals surface area contributed by atoms with Crippen molar-refractivity contribution in [1.82, 2.24) is 0 Å². The molecule has 0 aliphatic carbocycles. The molecule has 0 aromatic heterocycles. The smallest absolute Gasteiger partial charge is 0.138 e. The molecule has 0 atom stereocenters. The second-order valence-corrected chi connectivity index (χ2v) is 6.19. The van der Waals surface area contributed by atoms with Crippen LogP contribution in [0.25, 0.3) is 0 Å². The highest BCUT2D eigenvalue weighted by atomic mass is 79.9. The molecule has 0 saturated carbocycles. The molecule has 0 spiro atoms. The molecule has 0 heterocycles.